The summed E-state index contributed by atoms with van der Waals surface area (Å²) in [5.74, 6) is 0.215. The number of nitrogens with one attached hydrogen (secondary N) is 1. The maximum absolute atomic E-state index is 13.6. The fourth-order valence-corrected chi connectivity index (χ4v) is 2.20. The van der Waals surface area contributed by atoms with Gasteiger partial charge in [0.15, 0.2) is 11.6 Å². The zero-order valence-corrected chi connectivity index (χ0v) is 16.0. The Morgan fingerprint density at radius 1 is 1.00 bits per heavy atom. The van der Waals surface area contributed by atoms with Gasteiger partial charge in [0, 0.05) is 17.6 Å². The second kappa shape index (κ2) is 12.6. The van der Waals surface area contributed by atoms with Gasteiger partial charge >= 0.3 is 6.01 Å². The molecule has 0 aliphatic heterocycles. The number of halogens is 1. The van der Waals surface area contributed by atoms with E-state index in [1.807, 2.05) is 38.1 Å². The number of anilines is 1. The summed E-state index contributed by atoms with van der Waals surface area (Å²) in [7, 11) is 0. The Bertz CT molecular complexity index is 821. The van der Waals surface area contributed by atoms with Crippen molar-refractivity contribution in [2.75, 3.05) is 5.32 Å². The minimum Gasteiger partial charge on any atom is -0.421 e. The number of thiol groups is 1. The second-order valence-corrected chi connectivity index (χ2v) is 5.22. The van der Waals surface area contributed by atoms with Crippen molar-refractivity contribution in [1.82, 2.24) is 9.97 Å². The van der Waals surface area contributed by atoms with E-state index in [4.69, 9.17) is 4.74 Å². The van der Waals surface area contributed by atoms with Crippen LogP contribution < -0.4 is 10.1 Å². The summed E-state index contributed by atoms with van der Waals surface area (Å²) in [5, 5.41) is 3.17. The normalized spacial score (nSPS) is 9.04. The largest absolute Gasteiger partial charge is 0.421 e. The number of benzene rings is 2. The third kappa shape index (κ3) is 7.22. The molecule has 27 heavy (non-hydrogen) atoms. The van der Waals surface area contributed by atoms with Crippen molar-refractivity contribution in [3.8, 4) is 11.8 Å². The van der Waals surface area contributed by atoms with E-state index in [2.05, 4.69) is 27.9 Å². The first-order valence-electron chi connectivity index (χ1n) is 7.98. The molecule has 5 N–H and O–H groups in total. The van der Waals surface area contributed by atoms with E-state index in [1.54, 1.807) is 24.4 Å². The molecule has 0 amide bonds. The highest BCUT2D eigenvalue weighted by atomic mass is 32.1. The molecule has 1 aromatic heterocycles. The van der Waals surface area contributed by atoms with Gasteiger partial charge in [-0.3, -0.25) is 0 Å². The van der Waals surface area contributed by atoms with Crippen LogP contribution in [0.4, 0.5) is 10.2 Å². The molecule has 6 nitrogen and oxygen atoms in total. The summed E-state index contributed by atoms with van der Waals surface area (Å²) in [6, 6.07) is 15.7. The monoisotopic (exact) mass is 393 g/mol. The molecule has 8 heteroatoms. The van der Waals surface area contributed by atoms with Gasteiger partial charge in [0.05, 0.1) is 0 Å². The Labute approximate surface area is 163 Å². The number of hydrogen-bond acceptors (Lipinski definition) is 5. The predicted octanol–water partition coefficient (Wildman–Crippen LogP) is 3.69. The molecule has 0 atom stereocenters. The van der Waals surface area contributed by atoms with Gasteiger partial charge in [-0.2, -0.15) is 4.98 Å². The lowest BCUT2D eigenvalue weighted by molar-refractivity contribution is 0.411. The lowest BCUT2D eigenvalue weighted by Gasteiger charge is -2.09. The zero-order valence-electron chi connectivity index (χ0n) is 15.1. The third-order valence-corrected chi connectivity index (χ3v) is 3.56. The van der Waals surface area contributed by atoms with Gasteiger partial charge in [0.25, 0.3) is 0 Å². The second-order valence-electron chi connectivity index (χ2n) is 4.74. The number of rotatable bonds is 5. The molecular formula is C19H24FN3O3S. The van der Waals surface area contributed by atoms with Crippen molar-refractivity contribution in [1.29, 1.82) is 0 Å². The number of nitrogens with zero attached hydrogens (tertiary/aromatic N) is 2. The molecule has 2 aromatic carbocycles. The number of hydrogen-bond donors (Lipinski definition) is 2. The average molecular weight is 393 g/mol. The lowest BCUT2D eigenvalue weighted by Crippen LogP contribution is -2.03. The molecule has 0 bridgehead atoms. The van der Waals surface area contributed by atoms with Crippen molar-refractivity contribution in [3.05, 3.63) is 72.2 Å². The Hall–Kier alpha value is -2.68. The smallest absolute Gasteiger partial charge is 0.323 e. The number of aromatic nitrogens is 2. The molecule has 0 radical (unpaired) electrons. The van der Waals surface area contributed by atoms with Gasteiger partial charge in [-0.25, -0.2) is 9.37 Å². The van der Waals surface area contributed by atoms with Gasteiger partial charge in [-0.05, 0) is 29.8 Å². The van der Waals surface area contributed by atoms with Crippen molar-refractivity contribution in [2.24, 2.45) is 0 Å². The van der Waals surface area contributed by atoms with Gasteiger partial charge in [-0.15, -0.1) is 12.6 Å². The average Bonchev–Trinajstić information content (AvgIpc) is 2.65. The highest BCUT2D eigenvalue weighted by Crippen LogP contribution is 2.22. The first-order chi connectivity index (χ1) is 12.2. The van der Waals surface area contributed by atoms with Crippen LogP contribution in [0.25, 0.3) is 0 Å². The molecule has 3 aromatic rings. The first kappa shape index (κ1) is 24.3. The molecule has 0 aliphatic rings. The molecule has 0 spiro atoms. The van der Waals surface area contributed by atoms with Crippen LogP contribution in [-0.4, -0.2) is 20.9 Å². The molecule has 1 heterocycles. The maximum atomic E-state index is 13.6. The molecule has 3 rings (SSSR count). The Morgan fingerprint density at radius 3 is 2.37 bits per heavy atom. The van der Waals surface area contributed by atoms with Crippen molar-refractivity contribution in [2.45, 2.75) is 25.3 Å². The van der Waals surface area contributed by atoms with Crippen LogP contribution in [0, 0.1) is 5.82 Å². The van der Waals surface area contributed by atoms with Crippen LogP contribution in [-0.2, 0) is 6.54 Å². The Kier molecular flexibility index (Phi) is 11.4. The van der Waals surface area contributed by atoms with Crippen LogP contribution in [0.3, 0.4) is 0 Å². The van der Waals surface area contributed by atoms with E-state index in [1.165, 1.54) is 12.1 Å². The number of ether oxygens (including phenoxy) is 1. The van der Waals surface area contributed by atoms with Crippen LogP contribution in [0.2, 0.25) is 0 Å². The van der Waals surface area contributed by atoms with Crippen LogP contribution in [0.1, 0.15) is 19.4 Å². The fraction of sp³-hybridized carbons (Fsp3) is 0.158. The van der Waals surface area contributed by atoms with E-state index >= 15 is 0 Å². The Morgan fingerprint density at radius 2 is 1.67 bits per heavy atom. The first-order valence-corrected chi connectivity index (χ1v) is 8.43. The van der Waals surface area contributed by atoms with Crippen molar-refractivity contribution in [3.63, 3.8) is 0 Å². The summed E-state index contributed by atoms with van der Waals surface area (Å²) >= 11 is 4.40. The SMILES string of the molecule is CC.Fc1ccccc1Oc1nccc(NCc2ccccc2S)n1.O.O. The van der Waals surface area contributed by atoms with Crippen LogP contribution in [0.15, 0.2) is 65.7 Å². The fourth-order valence-electron chi connectivity index (χ4n) is 1.96. The van der Waals surface area contributed by atoms with E-state index in [0.717, 1.165) is 10.5 Å². The van der Waals surface area contributed by atoms with Crippen molar-refractivity contribution >= 4 is 18.4 Å². The third-order valence-electron chi connectivity index (χ3n) is 3.12. The molecule has 0 saturated carbocycles. The van der Waals surface area contributed by atoms with E-state index in [-0.39, 0.29) is 22.7 Å². The molecule has 0 saturated heterocycles. The topological polar surface area (TPSA) is 110 Å². The molecule has 0 unspecified atom stereocenters. The van der Waals surface area contributed by atoms with E-state index < -0.39 is 5.82 Å². The molecular weight excluding hydrogens is 369 g/mol. The standard InChI is InChI=1S/C17H14FN3OS.C2H6.2H2O/c18-13-6-2-3-7-14(13)22-17-19-10-9-16(21-17)20-11-12-5-1-4-8-15(12)23;1-2;;/h1-10,23H,11H2,(H,19,20,21);1-2H3;2*1H2. The van der Waals surface area contributed by atoms with E-state index in [0.29, 0.717) is 12.4 Å². The Balaban J connectivity index is 0.00000164. The van der Waals surface area contributed by atoms with Crippen LogP contribution in [0.5, 0.6) is 11.8 Å². The predicted molar refractivity (Wildman–Crippen MR) is 108 cm³/mol. The molecule has 0 aliphatic carbocycles. The van der Waals surface area contributed by atoms with Crippen LogP contribution >= 0.6 is 12.6 Å². The highest BCUT2D eigenvalue weighted by Gasteiger charge is 2.06. The zero-order chi connectivity index (χ0) is 18.1. The minimum absolute atomic E-state index is 0. The molecule has 146 valence electrons. The van der Waals surface area contributed by atoms with E-state index in [9.17, 15) is 4.39 Å². The minimum atomic E-state index is -0.460. The summed E-state index contributed by atoms with van der Waals surface area (Å²) in [6.07, 6.45) is 1.55. The van der Waals surface area contributed by atoms with Gasteiger partial charge in [-0.1, -0.05) is 44.2 Å². The summed E-state index contributed by atoms with van der Waals surface area (Å²) < 4.78 is 19.0. The van der Waals surface area contributed by atoms with Gasteiger partial charge in [0.2, 0.25) is 0 Å². The maximum Gasteiger partial charge on any atom is 0.323 e. The molecule has 0 fully saturated rings. The van der Waals surface area contributed by atoms with Crippen molar-refractivity contribution < 1.29 is 20.1 Å². The summed E-state index contributed by atoms with van der Waals surface area (Å²) in [4.78, 5) is 9.11. The lowest BCUT2D eigenvalue weighted by atomic mass is 10.2. The quantitative estimate of drug-likeness (QED) is 0.644. The summed E-state index contributed by atoms with van der Waals surface area (Å²) in [5.41, 5.74) is 1.05. The number of para-hydroxylation sites is 1. The van der Waals surface area contributed by atoms with Gasteiger partial charge < -0.3 is 21.0 Å². The summed E-state index contributed by atoms with van der Waals surface area (Å²) in [6.45, 7) is 4.57. The van der Waals surface area contributed by atoms with Gasteiger partial charge in [0.1, 0.15) is 5.82 Å². The highest BCUT2D eigenvalue weighted by molar-refractivity contribution is 7.80.